The van der Waals surface area contributed by atoms with Crippen LogP contribution >= 0.6 is 0 Å². The second kappa shape index (κ2) is 4.82. The van der Waals surface area contributed by atoms with E-state index in [9.17, 15) is 0 Å². The number of rotatable bonds is 3. The predicted molar refractivity (Wildman–Crippen MR) is 67.8 cm³/mol. The summed E-state index contributed by atoms with van der Waals surface area (Å²) in [7, 11) is 3.54. The fraction of sp³-hybridized carbons (Fsp3) is 0.231. The lowest BCUT2D eigenvalue weighted by Crippen LogP contribution is -2.12. The minimum absolute atomic E-state index is 0.391. The summed E-state index contributed by atoms with van der Waals surface area (Å²) in [5.41, 5.74) is 1.96. The van der Waals surface area contributed by atoms with Crippen LogP contribution in [0.5, 0.6) is 6.01 Å². The first-order chi connectivity index (χ1) is 8.20. The van der Waals surface area contributed by atoms with Crippen molar-refractivity contribution in [2.24, 2.45) is 0 Å². The van der Waals surface area contributed by atoms with Gasteiger partial charge in [-0.25, -0.2) is 4.98 Å². The van der Waals surface area contributed by atoms with Gasteiger partial charge in [0.25, 0.3) is 0 Å². The zero-order valence-electron chi connectivity index (χ0n) is 10.2. The van der Waals surface area contributed by atoms with E-state index in [2.05, 4.69) is 9.97 Å². The summed E-state index contributed by atoms with van der Waals surface area (Å²) in [4.78, 5) is 10.5. The molecule has 4 heteroatoms. The van der Waals surface area contributed by atoms with Crippen molar-refractivity contribution >= 4 is 11.5 Å². The maximum absolute atomic E-state index is 5.07. The number of anilines is 2. The van der Waals surface area contributed by atoms with Crippen LogP contribution in [0, 0.1) is 6.92 Å². The van der Waals surface area contributed by atoms with E-state index in [0.29, 0.717) is 6.01 Å². The first-order valence-electron chi connectivity index (χ1n) is 5.39. The summed E-state index contributed by atoms with van der Waals surface area (Å²) in [5.74, 6) is 0.820. The molecule has 0 fully saturated rings. The number of hydrogen-bond donors (Lipinski definition) is 0. The Morgan fingerprint density at radius 1 is 1.12 bits per heavy atom. The molecular weight excluding hydrogens is 214 g/mol. The second-order valence-electron chi connectivity index (χ2n) is 3.75. The van der Waals surface area contributed by atoms with Gasteiger partial charge in [-0.15, -0.1) is 0 Å². The van der Waals surface area contributed by atoms with Crippen LogP contribution in [0.2, 0.25) is 0 Å². The monoisotopic (exact) mass is 229 g/mol. The third-order valence-corrected chi connectivity index (χ3v) is 2.49. The number of nitrogens with zero attached hydrogens (tertiary/aromatic N) is 3. The second-order valence-corrected chi connectivity index (χ2v) is 3.75. The van der Waals surface area contributed by atoms with Crippen LogP contribution in [-0.4, -0.2) is 24.1 Å². The van der Waals surface area contributed by atoms with Crippen molar-refractivity contribution in [1.82, 2.24) is 9.97 Å². The molecule has 2 rings (SSSR count). The van der Waals surface area contributed by atoms with Crippen LogP contribution in [0.25, 0.3) is 0 Å². The van der Waals surface area contributed by atoms with Crippen molar-refractivity contribution in [3.63, 3.8) is 0 Å². The highest BCUT2D eigenvalue weighted by Crippen LogP contribution is 2.22. The van der Waals surface area contributed by atoms with Gasteiger partial charge < -0.3 is 9.64 Å². The molecule has 0 bridgehead atoms. The maximum atomic E-state index is 5.07. The molecule has 1 aromatic carbocycles. The first kappa shape index (κ1) is 11.4. The number of benzene rings is 1. The van der Waals surface area contributed by atoms with Crippen molar-refractivity contribution in [2.45, 2.75) is 6.92 Å². The SMILES string of the molecule is COc1nc(C)cc(N(C)c2ccccc2)n1. The highest BCUT2D eigenvalue weighted by atomic mass is 16.5. The number of para-hydroxylation sites is 1. The van der Waals surface area contributed by atoms with Crippen LogP contribution in [0.15, 0.2) is 36.4 Å². The van der Waals surface area contributed by atoms with Gasteiger partial charge in [-0.2, -0.15) is 4.98 Å². The summed E-state index contributed by atoms with van der Waals surface area (Å²) >= 11 is 0. The van der Waals surface area contributed by atoms with Gasteiger partial charge in [0, 0.05) is 24.5 Å². The molecule has 88 valence electrons. The van der Waals surface area contributed by atoms with E-state index in [-0.39, 0.29) is 0 Å². The molecule has 0 atom stereocenters. The minimum Gasteiger partial charge on any atom is -0.467 e. The Hall–Kier alpha value is -2.10. The number of hydrogen-bond acceptors (Lipinski definition) is 4. The van der Waals surface area contributed by atoms with E-state index in [0.717, 1.165) is 17.2 Å². The molecule has 0 aliphatic rings. The van der Waals surface area contributed by atoms with Gasteiger partial charge in [0.05, 0.1) is 7.11 Å². The van der Waals surface area contributed by atoms with E-state index in [1.54, 1.807) is 7.11 Å². The van der Waals surface area contributed by atoms with Crippen molar-refractivity contribution in [3.8, 4) is 6.01 Å². The smallest absolute Gasteiger partial charge is 0.318 e. The topological polar surface area (TPSA) is 38.2 Å². The fourth-order valence-corrected chi connectivity index (χ4v) is 1.57. The normalized spacial score (nSPS) is 10.1. The molecular formula is C13H15N3O. The fourth-order valence-electron chi connectivity index (χ4n) is 1.57. The van der Waals surface area contributed by atoms with Gasteiger partial charge in [0.2, 0.25) is 0 Å². The average Bonchev–Trinajstić information content (AvgIpc) is 2.38. The van der Waals surface area contributed by atoms with Crippen molar-refractivity contribution in [2.75, 3.05) is 19.1 Å². The Labute approximate surface area is 101 Å². The van der Waals surface area contributed by atoms with Crippen LogP contribution < -0.4 is 9.64 Å². The molecule has 0 radical (unpaired) electrons. The summed E-state index contributed by atoms with van der Waals surface area (Å²) in [6.45, 7) is 1.92. The molecule has 0 saturated heterocycles. The predicted octanol–water partition coefficient (Wildman–Crippen LogP) is 2.56. The molecule has 2 aromatic rings. The highest BCUT2D eigenvalue weighted by Gasteiger charge is 2.08. The Balaban J connectivity index is 2.37. The summed E-state index contributed by atoms with van der Waals surface area (Å²) in [6, 6.07) is 12.4. The van der Waals surface area contributed by atoms with Crippen molar-refractivity contribution in [1.29, 1.82) is 0 Å². The van der Waals surface area contributed by atoms with Crippen LogP contribution in [-0.2, 0) is 0 Å². The molecule has 0 N–H and O–H groups in total. The number of methoxy groups -OCH3 is 1. The lowest BCUT2D eigenvalue weighted by molar-refractivity contribution is 0.379. The molecule has 0 spiro atoms. The van der Waals surface area contributed by atoms with E-state index in [4.69, 9.17) is 4.74 Å². The minimum atomic E-state index is 0.391. The molecule has 4 nitrogen and oxygen atoms in total. The Kier molecular flexibility index (Phi) is 3.23. The van der Waals surface area contributed by atoms with Gasteiger partial charge in [-0.3, -0.25) is 0 Å². The highest BCUT2D eigenvalue weighted by molar-refractivity contribution is 5.59. The van der Waals surface area contributed by atoms with Gasteiger partial charge in [-0.05, 0) is 19.1 Å². The zero-order chi connectivity index (χ0) is 12.3. The summed E-state index contributed by atoms with van der Waals surface area (Å²) < 4.78 is 5.07. The van der Waals surface area contributed by atoms with Crippen molar-refractivity contribution < 1.29 is 4.74 Å². The summed E-state index contributed by atoms with van der Waals surface area (Å²) in [6.07, 6.45) is 0. The van der Waals surface area contributed by atoms with Gasteiger partial charge >= 0.3 is 6.01 Å². The third kappa shape index (κ3) is 2.53. The van der Waals surface area contributed by atoms with Crippen molar-refractivity contribution in [3.05, 3.63) is 42.1 Å². The van der Waals surface area contributed by atoms with Gasteiger partial charge in [-0.1, -0.05) is 18.2 Å². The van der Waals surface area contributed by atoms with E-state index < -0.39 is 0 Å². The standard InChI is InChI=1S/C13H15N3O/c1-10-9-12(15-13(14-10)17-3)16(2)11-7-5-4-6-8-11/h4-9H,1-3H3. The van der Waals surface area contributed by atoms with Crippen LogP contribution in [0.3, 0.4) is 0 Å². The van der Waals surface area contributed by atoms with E-state index in [1.807, 2.05) is 55.3 Å². The van der Waals surface area contributed by atoms with E-state index in [1.165, 1.54) is 0 Å². The zero-order valence-corrected chi connectivity index (χ0v) is 10.2. The quantitative estimate of drug-likeness (QED) is 0.810. The molecule has 0 aliphatic carbocycles. The maximum Gasteiger partial charge on any atom is 0.318 e. The third-order valence-electron chi connectivity index (χ3n) is 2.49. The lowest BCUT2D eigenvalue weighted by atomic mass is 10.3. The Bertz CT molecular complexity index is 499. The van der Waals surface area contributed by atoms with E-state index >= 15 is 0 Å². The molecule has 17 heavy (non-hydrogen) atoms. The van der Waals surface area contributed by atoms with Crippen LogP contribution in [0.1, 0.15) is 5.69 Å². The molecule has 0 amide bonds. The Morgan fingerprint density at radius 2 is 1.82 bits per heavy atom. The molecule has 0 aliphatic heterocycles. The van der Waals surface area contributed by atoms with Gasteiger partial charge in [0.1, 0.15) is 5.82 Å². The number of ether oxygens (including phenoxy) is 1. The number of aromatic nitrogens is 2. The molecule has 0 unspecified atom stereocenters. The summed E-state index contributed by atoms with van der Waals surface area (Å²) in [5, 5.41) is 0. The largest absolute Gasteiger partial charge is 0.467 e. The Morgan fingerprint density at radius 3 is 2.47 bits per heavy atom. The molecule has 1 heterocycles. The molecule has 0 saturated carbocycles. The molecule has 1 aromatic heterocycles. The first-order valence-corrected chi connectivity index (χ1v) is 5.39. The average molecular weight is 229 g/mol. The van der Waals surface area contributed by atoms with Crippen LogP contribution in [0.4, 0.5) is 11.5 Å². The number of aryl methyl sites for hydroxylation is 1. The lowest BCUT2D eigenvalue weighted by Gasteiger charge is -2.18. The van der Waals surface area contributed by atoms with Gasteiger partial charge in [0.15, 0.2) is 0 Å².